The normalized spacial score (nSPS) is 12.4. The molecule has 102 valence electrons. The molecular formula is C14H19N3O2. The van der Waals surface area contributed by atoms with Crippen LogP contribution in [0.5, 0.6) is 5.75 Å². The molecule has 1 atom stereocenters. The van der Waals surface area contributed by atoms with Gasteiger partial charge in [-0.2, -0.15) is 0 Å². The first kappa shape index (κ1) is 13.4. The van der Waals surface area contributed by atoms with Crippen LogP contribution >= 0.6 is 0 Å². The lowest BCUT2D eigenvalue weighted by Gasteiger charge is -2.16. The predicted molar refractivity (Wildman–Crippen MR) is 74.3 cm³/mol. The van der Waals surface area contributed by atoms with Gasteiger partial charge in [-0.3, -0.25) is 4.57 Å². The summed E-state index contributed by atoms with van der Waals surface area (Å²) in [7, 11) is 3.34. The van der Waals surface area contributed by atoms with Crippen molar-refractivity contribution in [3.63, 3.8) is 0 Å². The highest BCUT2D eigenvalue weighted by molar-refractivity contribution is 5.38. The number of imidazole rings is 1. The summed E-state index contributed by atoms with van der Waals surface area (Å²) in [5.74, 6) is 0.752. The van der Waals surface area contributed by atoms with E-state index in [-0.39, 0.29) is 11.7 Å². The molecule has 5 heteroatoms. The molecule has 0 spiro atoms. The Labute approximate surface area is 112 Å². The molecule has 0 aliphatic heterocycles. The van der Waals surface area contributed by atoms with Gasteiger partial charge in [0.2, 0.25) is 0 Å². The van der Waals surface area contributed by atoms with Gasteiger partial charge in [0.25, 0.3) is 0 Å². The van der Waals surface area contributed by atoms with Gasteiger partial charge in [0.1, 0.15) is 5.75 Å². The zero-order valence-electron chi connectivity index (χ0n) is 11.5. The van der Waals surface area contributed by atoms with Crippen LogP contribution in [0, 0.1) is 6.92 Å². The van der Waals surface area contributed by atoms with Gasteiger partial charge < -0.3 is 15.0 Å². The van der Waals surface area contributed by atoms with Crippen molar-refractivity contribution in [3.05, 3.63) is 52.2 Å². The van der Waals surface area contributed by atoms with E-state index in [2.05, 4.69) is 0 Å². The van der Waals surface area contributed by atoms with E-state index in [0.29, 0.717) is 6.54 Å². The molecule has 1 heterocycles. The van der Waals surface area contributed by atoms with Gasteiger partial charge in [-0.15, -0.1) is 0 Å². The highest BCUT2D eigenvalue weighted by atomic mass is 16.5. The van der Waals surface area contributed by atoms with E-state index in [1.165, 1.54) is 4.57 Å². The highest BCUT2D eigenvalue weighted by Gasteiger charge is 2.14. The minimum atomic E-state index is -0.282. The summed E-state index contributed by atoms with van der Waals surface area (Å²) in [6, 6.07) is 5.59. The molecule has 1 aromatic heterocycles. The number of nitrogens with two attached hydrogens (primary N) is 1. The molecule has 5 nitrogen and oxygen atoms in total. The second kappa shape index (κ2) is 5.32. The molecule has 0 saturated carbocycles. The largest absolute Gasteiger partial charge is 0.496 e. The number of hydrogen-bond acceptors (Lipinski definition) is 3. The third-order valence-electron chi connectivity index (χ3n) is 3.20. The van der Waals surface area contributed by atoms with E-state index in [1.54, 1.807) is 31.1 Å². The fourth-order valence-corrected chi connectivity index (χ4v) is 2.10. The zero-order chi connectivity index (χ0) is 14.0. The summed E-state index contributed by atoms with van der Waals surface area (Å²) in [6.07, 6.45) is 3.47. The van der Waals surface area contributed by atoms with E-state index in [1.807, 2.05) is 25.1 Å². The maximum Gasteiger partial charge on any atom is 0.327 e. The van der Waals surface area contributed by atoms with Gasteiger partial charge in [-0.1, -0.05) is 17.7 Å². The van der Waals surface area contributed by atoms with Crippen molar-refractivity contribution in [2.24, 2.45) is 12.8 Å². The Morgan fingerprint density at radius 1 is 1.37 bits per heavy atom. The number of aromatic nitrogens is 2. The number of rotatable bonds is 4. The van der Waals surface area contributed by atoms with Gasteiger partial charge in [0.15, 0.2) is 0 Å². The van der Waals surface area contributed by atoms with Gasteiger partial charge in [0, 0.05) is 31.5 Å². The number of methoxy groups -OCH3 is 1. The first-order chi connectivity index (χ1) is 9.02. The van der Waals surface area contributed by atoms with Crippen LogP contribution in [0.15, 0.2) is 35.4 Å². The minimum Gasteiger partial charge on any atom is -0.496 e. The van der Waals surface area contributed by atoms with E-state index in [4.69, 9.17) is 10.5 Å². The van der Waals surface area contributed by atoms with Crippen LogP contribution in [-0.4, -0.2) is 16.2 Å². The molecule has 0 aliphatic rings. The van der Waals surface area contributed by atoms with E-state index >= 15 is 0 Å². The molecule has 1 unspecified atom stereocenters. The number of hydrogen-bond donors (Lipinski definition) is 1. The standard InChI is InChI=1S/C14H19N3O2/c1-10-4-5-13(19-3)11(8-10)12(15)9-17-7-6-16(2)14(17)18/h4-8,12H,9,15H2,1-3H3. The Balaban J connectivity index is 2.29. The van der Waals surface area contributed by atoms with Crippen molar-refractivity contribution < 1.29 is 4.74 Å². The third-order valence-corrected chi connectivity index (χ3v) is 3.20. The summed E-state index contributed by atoms with van der Waals surface area (Å²) in [6.45, 7) is 2.43. The molecule has 2 aromatic rings. The first-order valence-electron chi connectivity index (χ1n) is 6.15. The van der Waals surface area contributed by atoms with Crippen LogP contribution in [-0.2, 0) is 13.6 Å². The van der Waals surface area contributed by atoms with E-state index in [0.717, 1.165) is 16.9 Å². The molecular weight excluding hydrogens is 242 g/mol. The van der Waals surface area contributed by atoms with Gasteiger partial charge in [0.05, 0.1) is 13.2 Å². The second-order valence-corrected chi connectivity index (χ2v) is 4.70. The Morgan fingerprint density at radius 3 is 2.68 bits per heavy atom. The van der Waals surface area contributed by atoms with Crippen molar-refractivity contribution in [2.75, 3.05) is 7.11 Å². The van der Waals surface area contributed by atoms with Crippen molar-refractivity contribution in [2.45, 2.75) is 19.5 Å². The quantitative estimate of drug-likeness (QED) is 0.899. The fraction of sp³-hybridized carbons (Fsp3) is 0.357. The number of ether oxygens (including phenoxy) is 1. The summed E-state index contributed by atoms with van der Waals surface area (Å²) in [5, 5.41) is 0. The van der Waals surface area contributed by atoms with Crippen LogP contribution in [0.25, 0.3) is 0 Å². The number of aryl methyl sites for hydroxylation is 2. The molecule has 0 fully saturated rings. The molecule has 2 N–H and O–H groups in total. The smallest absolute Gasteiger partial charge is 0.327 e. The zero-order valence-corrected chi connectivity index (χ0v) is 11.5. The highest BCUT2D eigenvalue weighted by Crippen LogP contribution is 2.25. The fourth-order valence-electron chi connectivity index (χ4n) is 2.10. The topological polar surface area (TPSA) is 62.2 Å². The van der Waals surface area contributed by atoms with Crippen LogP contribution in [0.3, 0.4) is 0 Å². The third kappa shape index (κ3) is 2.71. The summed E-state index contributed by atoms with van der Waals surface area (Å²) >= 11 is 0. The Morgan fingerprint density at radius 2 is 2.11 bits per heavy atom. The van der Waals surface area contributed by atoms with Crippen LogP contribution in [0.4, 0.5) is 0 Å². The summed E-state index contributed by atoms with van der Waals surface area (Å²) in [4.78, 5) is 11.8. The van der Waals surface area contributed by atoms with E-state index < -0.39 is 0 Å². The molecule has 0 amide bonds. The summed E-state index contributed by atoms with van der Waals surface area (Å²) in [5.41, 5.74) is 8.17. The maximum atomic E-state index is 11.8. The SMILES string of the molecule is COc1ccc(C)cc1C(N)Cn1ccn(C)c1=O. The van der Waals surface area contributed by atoms with E-state index in [9.17, 15) is 4.79 Å². The monoisotopic (exact) mass is 261 g/mol. The lowest BCUT2D eigenvalue weighted by atomic mass is 10.0. The Bertz CT molecular complexity index is 628. The average Bonchev–Trinajstić information content (AvgIpc) is 2.70. The van der Waals surface area contributed by atoms with Crippen LogP contribution in [0.1, 0.15) is 17.2 Å². The maximum absolute atomic E-state index is 11.8. The molecule has 0 bridgehead atoms. The minimum absolute atomic E-state index is 0.0675. The van der Waals surface area contributed by atoms with Gasteiger partial charge in [-0.05, 0) is 13.0 Å². The molecule has 0 saturated heterocycles. The lowest BCUT2D eigenvalue weighted by molar-refractivity contribution is 0.401. The molecule has 2 rings (SSSR count). The molecule has 19 heavy (non-hydrogen) atoms. The number of nitrogens with zero attached hydrogens (tertiary/aromatic N) is 2. The van der Waals surface area contributed by atoms with Gasteiger partial charge in [-0.25, -0.2) is 4.79 Å². The van der Waals surface area contributed by atoms with Crippen molar-refractivity contribution in [1.29, 1.82) is 0 Å². The van der Waals surface area contributed by atoms with Crippen molar-refractivity contribution in [1.82, 2.24) is 9.13 Å². The Hall–Kier alpha value is -2.01. The number of benzene rings is 1. The predicted octanol–water partition coefficient (Wildman–Crippen LogP) is 1.20. The summed E-state index contributed by atoms with van der Waals surface area (Å²) < 4.78 is 8.45. The second-order valence-electron chi connectivity index (χ2n) is 4.70. The van der Waals surface area contributed by atoms with Crippen molar-refractivity contribution in [3.8, 4) is 5.75 Å². The molecule has 1 aromatic carbocycles. The molecule has 0 aliphatic carbocycles. The van der Waals surface area contributed by atoms with Gasteiger partial charge >= 0.3 is 5.69 Å². The van der Waals surface area contributed by atoms with Crippen LogP contribution in [0.2, 0.25) is 0 Å². The van der Waals surface area contributed by atoms with Crippen molar-refractivity contribution >= 4 is 0 Å². The average molecular weight is 261 g/mol. The first-order valence-corrected chi connectivity index (χ1v) is 6.15. The Kier molecular flexibility index (Phi) is 3.76. The molecule has 0 radical (unpaired) electrons. The lowest BCUT2D eigenvalue weighted by Crippen LogP contribution is -2.27. The van der Waals surface area contributed by atoms with Crippen LogP contribution < -0.4 is 16.2 Å².